The molecule has 4 rings (SSSR count). The maximum Gasteiger partial charge on any atom is 0.254 e. The lowest BCUT2D eigenvalue weighted by molar-refractivity contribution is -0.131. The maximum absolute atomic E-state index is 13.3. The van der Waals surface area contributed by atoms with Gasteiger partial charge in [0.25, 0.3) is 5.91 Å². The highest BCUT2D eigenvalue weighted by atomic mass is 19.1. The van der Waals surface area contributed by atoms with Gasteiger partial charge in [-0.25, -0.2) is 4.39 Å². The number of nitrogens with one attached hydrogen (secondary N) is 2. The maximum atomic E-state index is 13.3. The average Bonchev–Trinajstić information content (AvgIpc) is 3.41. The molecule has 8 nitrogen and oxygen atoms in total. The van der Waals surface area contributed by atoms with Crippen LogP contribution in [0.3, 0.4) is 0 Å². The van der Waals surface area contributed by atoms with Crippen LogP contribution in [0.2, 0.25) is 0 Å². The van der Waals surface area contributed by atoms with E-state index in [0.29, 0.717) is 24.9 Å². The Bertz CT molecular complexity index is 1270. The van der Waals surface area contributed by atoms with Crippen molar-refractivity contribution in [3.63, 3.8) is 0 Å². The molecule has 1 saturated heterocycles. The Hall–Kier alpha value is -3.82. The number of benzene rings is 3. The number of aliphatic hydroxyl groups excluding tert-OH is 1. The van der Waals surface area contributed by atoms with Crippen molar-refractivity contribution in [1.29, 1.82) is 0 Å². The van der Waals surface area contributed by atoms with Crippen molar-refractivity contribution in [2.24, 2.45) is 5.73 Å². The highest BCUT2D eigenvalue weighted by molar-refractivity contribution is 5.98. The van der Waals surface area contributed by atoms with Crippen molar-refractivity contribution < 1.29 is 23.9 Å². The van der Waals surface area contributed by atoms with Gasteiger partial charge in [-0.2, -0.15) is 0 Å². The number of nitrogens with zero attached hydrogens (tertiary/aromatic N) is 1. The zero-order valence-electron chi connectivity index (χ0n) is 20.4. The molecule has 3 aromatic carbocycles. The summed E-state index contributed by atoms with van der Waals surface area (Å²) >= 11 is 0. The molecule has 3 amide bonds. The molecule has 1 fully saturated rings. The van der Waals surface area contributed by atoms with Crippen LogP contribution in [0.1, 0.15) is 28.8 Å². The Morgan fingerprint density at radius 2 is 1.78 bits per heavy atom. The summed E-state index contributed by atoms with van der Waals surface area (Å²) in [6.45, 7) is 0.334. The fraction of sp³-hybridized carbons (Fsp3) is 0.321. The minimum absolute atomic E-state index is 0.00941. The van der Waals surface area contributed by atoms with Gasteiger partial charge >= 0.3 is 0 Å². The Morgan fingerprint density at radius 1 is 1.05 bits per heavy atom. The molecule has 194 valence electrons. The first-order valence-corrected chi connectivity index (χ1v) is 12.4. The van der Waals surface area contributed by atoms with Crippen molar-refractivity contribution in [2.75, 3.05) is 19.6 Å². The minimum atomic E-state index is -0.929. The molecule has 1 aliphatic heterocycles. The summed E-state index contributed by atoms with van der Waals surface area (Å²) in [7, 11) is 0. The molecular formula is C28H31FN4O4. The molecule has 0 spiro atoms. The predicted octanol–water partition coefficient (Wildman–Crippen LogP) is 1.75. The van der Waals surface area contributed by atoms with E-state index in [0.717, 1.165) is 16.3 Å². The van der Waals surface area contributed by atoms with E-state index in [1.54, 1.807) is 0 Å². The molecule has 0 radical (unpaired) electrons. The van der Waals surface area contributed by atoms with Crippen LogP contribution in [-0.4, -0.2) is 65.5 Å². The van der Waals surface area contributed by atoms with E-state index in [-0.39, 0.29) is 25.4 Å². The van der Waals surface area contributed by atoms with Crippen LogP contribution >= 0.6 is 0 Å². The van der Waals surface area contributed by atoms with Crippen LogP contribution in [0, 0.1) is 5.82 Å². The molecule has 1 heterocycles. The van der Waals surface area contributed by atoms with Crippen LogP contribution in [0.25, 0.3) is 10.8 Å². The molecule has 37 heavy (non-hydrogen) atoms. The highest BCUT2D eigenvalue weighted by Gasteiger charge is 2.36. The molecule has 0 saturated carbocycles. The summed E-state index contributed by atoms with van der Waals surface area (Å²) in [6.07, 6.45) is 0.406. The van der Waals surface area contributed by atoms with Crippen LogP contribution in [0.4, 0.5) is 4.39 Å². The summed E-state index contributed by atoms with van der Waals surface area (Å²) in [4.78, 5) is 40.9. The van der Waals surface area contributed by atoms with E-state index in [9.17, 15) is 23.9 Å². The number of carbonyl (C=O) groups is 3. The van der Waals surface area contributed by atoms with Crippen LogP contribution in [0.5, 0.6) is 0 Å². The van der Waals surface area contributed by atoms with Gasteiger partial charge in [-0.1, -0.05) is 42.5 Å². The third kappa shape index (κ3) is 6.49. The fourth-order valence-electron chi connectivity index (χ4n) is 4.54. The molecule has 3 atom stereocenters. The van der Waals surface area contributed by atoms with Gasteiger partial charge in [0, 0.05) is 31.6 Å². The van der Waals surface area contributed by atoms with Crippen molar-refractivity contribution in [2.45, 2.75) is 37.5 Å². The quantitative estimate of drug-likeness (QED) is 0.352. The minimum Gasteiger partial charge on any atom is -0.390 e. The number of likely N-dealkylation sites (tertiary alicyclic amines) is 1. The van der Waals surface area contributed by atoms with E-state index in [4.69, 9.17) is 5.73 Å². The SMILES string of the molecule is NCC(O)CNC(=O)[C@@H](Cc1ccc2ccccc2c1)NC(=O)[C@H]1CCCN1C(=O)c1ccc(F)cc1. The van der Waals surface area contributed by atoms with Crippen molar-refractivity contribution >= 4 is 28.5 Å². The lowest BCUT2D eigenvalue weighted by Gasteiger charge is -2.27. The standard InChI is InChI=1S/C28H31FN4O4/c29-22-11-9-20(10-12-22)28(37)33-13-3-6-25(33)27(36)32-24(26(35)31-17-23(34)16-30)15-18-7-8-19-4-1-2-5-21(19)14-18/h1-2,4-5,7-12,14,23-25,34H,3,6,13,15-17,30H2,(H,31,35)(H,32,36)/t23?,24-,25-/m1/s1. The first kappa shape index (κ1) is 26.2. The van der Waals surface area contributed by atoms with Gasteiger partial charge in [0.2, 0.25) is 11.8 Å². The van der Waals surface area contributed by atoms with Crippen LogP contribution in [0.15, 0.2) is 66.7 Å². The van der Waals surface area contributed by atoms with E-state index in [1.807, 2.05) is 42.5 Å². The molecule has 0 bridgehead atoms. The summed E-state index contributed by atoms with van der Waals surface area (Å²) in [5, 5.41) is 17.3. The number of amides is 3. The smallest absolute Gasteiger partial charge is 0.254 e. The van der Waals surface area contributed by atoms with Gasteiger partial charge in [0.15, 0.2) is 0 Å². The number of carbonyl (C=O) groups excluding carboxylic acids is 3. The molecule has 0 aromatic heterocycles. The van der Waals surface area contributed by atoms with Gasteiger partial charge < -0.3 is 26.4 Å². The molecule has 0 aliphatic carbocycles. The number of nitrogens with two attached hydrogens (primary N) is 1. The second-order valence-electron chi connectivity index (χ2n) is 9.24. The van der Waals surface area contributed by atoms with E-state index in [2.05, 4.69) is 10.6 Å². The lowest BCUT2D eigenvalue weighted by Crippen LogP contribution is -2.54. The Morgan fingerprint density at radius 3 is 2.51 bits per heavy atom. The number of rotatable bonds is 9. The second-order valence-corrected chi connectivity index (χ2v) is 9.24. The van der Waals surface area contributed by atoms with E-state index in [1.165, 1.54) is 29.2 Å². The topological polar surface area (TPSA) is 125 Å². The molecule has 3 aromatic rings. The van der Waals surface area contributed by atoms with Crippen LogP contribution < -0.4 is 16.4 Å². The largest absolute Gasteiger partial charge is 0.390 e. The normalized spacial score (nSPS) is 16.8. The summed E-state index contributed by atoms with van der Waals surface area (Å²) in [5.41, 5.74) is 6.59. The van der Waals surface area contributed by atoms with Gasteiger partial charge in [-0.05, 0) is 53.4 Å². The van der Waals surface area contributed by atoms with E-state index >= 15 is 0 Å². The Balaban J connectivity index is 1.51. The molecule has 1 unspecified atom stereocenters. The van der Waals surface area contributed by atoms with Gasteiger partial charge in [-0.15, -0.1) is 0 Å². The third-order valence-electron chi connectivity index (χ3n) is 6.58. The molecule has 5 N–H and O–H groups in total. The summed E-state index contributed by atoms with van der Waals surface area (Å²) in [6, 6.07) is 17.2. The van der Waals surface area contributed by atoms with E-state index < -0.39 is 35.8 Å². The zero-order chi connectivity index (χ0) is 26.4. The van der Waals surface area contributed by atoms with Crippen molar-refractivity contribution in [3.8, 4) is 0 Å². The third-order valence-corrected chi connectivity index (χ3v) is 6.58. The number of hydrogen-bond acceptors (Lipinski definition) is 5. The first-order valence-electron chi connectivity index (χ1n) is 12.4. The second kappa shape index (κ2) is 11.9. The lowest BCUT2D eigenvalue weighted by atomic mass is 10.0. The Labute approximate surface area is 214 Å². The van der Waals surface area contributed by atoms with Gasteiger partial charge in [0.1, 0.15) is 17.9 Å². The van der Waals surface area contributed by atoms with Gasteiger partial charge in [-0.3, -0.25) is 14.4 Å². The van der Waals surface area contributed by atoms with Crippen LogP contribution in [-0.2, 0) is 16.0 Å². The Kier molecular flexibility index (Phi) is 8.47. The first-order chi connectivity index (χ1) is 17.9. The number of hydrogen-bond donors (Lipinski definition) is 4. The summed E-state index contributed by atoms with van der Waals surface area (Å²) in [5.74, 6) is -1.70. The number of fused-ring (bicyclic) bond motifs is 1. The monoisotopic (exact) mass is 506 g/mol. The van der Waals surface area contributed by atoms with Crippen molar-refractivity contribution in [1.82, 2.24) is 15.5 Å². The fourth-order valence-corrected chi connectivity index (χ4v) is 4.54. The molecule has 1 aliphatic rings. The van der Waals surface area contributed by atoms with Crippen molar-refractivity contribution in [3.05, 3.63) is 83.7 Å². The number of halogens is 1. The number of aliphatic hydroxyl groups is 1. The van der Waals surface area contributed by atoms with Gasteiger partial charge in [0.05, 0.1) is 6.10 Å². The zero-order valence-corrected chi connectivity index (χ0v) is 20.4. The molecular weight excluding hydrogens is 475 g/mol. The predicted molar refractivity (Wildman–Crippen MR) is 138 cm³/mol. The molecule has 9 heteroatoms. The summed E-state index contributed by atoms with van der Waals surface area (Å²) < 4.78 is 13.3. The highest BCUT2D eigenvalue weighted by Crippen LogP contribution is 2.22. The average molecular weight is 507 g/mol.